The number of aryl methyl sites for hydroxylation is 1. The number of rotatable bonds is 2. The largest absolute Gasteiger partial charge is 0.444 e. The van der Waals surface area contributed by atoms with Gasteiger partial charge in [0.25, 0.3) is 0 Å². The topological polar surface area (TPSA) is 66.0 Å². The van der Waals surface area contributed by atoms with Crippen molar-refractivity contribution < 1.29 is 18.7 Å². The number of pyridine rings is 1. The van der Waals surface area contributed by atoms with Crippen molar-refractivity contribution in [2.24, 2.45) is 0 Å². The Hall–Kier alpha value is -2.87. The molecule has 0 saturated carbocycles. The number of fused-ring (bicyclic) bond motifs is 1. The fourth-order valence-electron chi connectivity index (χ4n) is 4.20. The molecule has 1 atom stereocenters. The van der Waals surface area contributed by atoms with Crippen LogP contribution in [0.25, 0.3) is 0 Å². The first-order chi connectivity index (χ1) is 15.0. The number of benzene rings is 1. The van der Waals surface area contributed by atoms with Crippen molar-refractivity contribution >= 4 is 35.1 Å². The lowest BCUT2D eigenvalue weighted by Crippen LogP contribution is -2.53. The number of anilines is 2. The molecular formula is C23H26ClFN4O3. The van der Waals surface area contributed by atoms with Crippen LogP contribution in [0.1, 0.15) is 38.3 Å². The summed E-state index contributed by atoms with van der Waals surface area (Å²) < 4.78 is 20.2. The van der Waals surface area contributed by atoms with E-state index >= 15 is 0 Å². The number of amides is 3. The molecule has 1 fully saturated rings. The Morgan fingerprint density at radius 1 is 1.31 bits per heavy atom. The number of carbonyl (C=O) groups excluding carboxylic acids is 2. The van der Waals surface area contributed by atoms with Crippen LogP contribution in [0.4, 0.5) is 25.4 Å². The average Bonchev–Trinajstić information content (AvgIpc) is 3.17. The second-order valence-electron chi connectivity index (χ2n) is 9.15. The molecule has 9 heteroatoms. The van der Waals surface area contributed by atoms with E-state index in [9.17, 15) is 14.0 Å². The molecule has 1 saturated heterocycles. The van der Waals surface area contributed by atoms with Crippen molar-refractivity contribution in [2.45, 2.75) is 52.3 Å². The van der Waals surface area contributed by atoms with Crippen LogP contribution in [-0.4, -0.2) is 46.7 Å². The number of ether oxygens (including phenoxy) is 1. The maximum Gasteiger partial charge on any atom is 0.410 e. The Balaban J connectivity index is 1.69. The molecule has 4 rings (SSSR count). The average molecular weight is 461 g/mol. The van der Waals surface area contributed by atoms with Crippen LogP contribution in [0.2, 0.25) is 5.15 Å². The normalized spacial score (nSPS) is 18.8. The monoisotopic (exact) mass is 460 g/mol. The van der Waals surface area contributed by atoms with Gasteiger partial charge in [-0.05, 0) is 51.8 Å². The minimum Gasteiger partial charge on any atom is -0.444 e. The molecule has 2 aromatic rings. The second kappa shape index (κ2) is 8.24. The first kappa shape index (κ1) is 22.3. The molecule has 7 nitrogen and oxygen atoms in total. The highest BCUT2D eigenvalue weighted by Gasteiger charge is 2.41. The van der Waals surface area contributed by atoms with Gasteiger partial charge < -0.3 is 9.64 Å². The predicted molar refractivity (Wildman–Crippen MR) is 121 cm³/mol. The lowest BCUT2D eigenvalue weighted by atomic mass is 10.1. The van der Waals surface area contributed by atoms with Gasteiger partial charge in [0.2, 0.25) is 0 Å². The summed E-state index contributed by atoms with van der Waals surface area (Å²) in [5.74, 6) is -0.467. The quantitative estimate of drug-likeness (QED) is 0.582. The Labute approximate surface area is 191 Å². The minimum absolute atomic E-state index is 0.180. The maximum atomic E-state index is 14.8. The molecule has 3 amide bonds. The molecule has 2 aliphatic heterocycles. The van der Waals surface area contributed by atoms with Crippen molar-refractivity contribution in [1.29, 1.82) is 0 Å². The van der Waals surface area contributed by atoms with Crippen molar-refractivity contribution in [3.8, 4) is 0 Å². The molecule has 3 heterocycles. The van der Waals surface area contributed by atoms with Gasteiger partial charge in [-0.15, -0.1) is 0 Å². The van der Waals surface area contributed by atoms with Crippen LogP contribution >= 0.6 is 11.6 Å². The van der Waals surface area contributed by atoms with E-state index in [-0.39, 0.29) is 29.5 Å². The standard InChI is InChI=1S/C23H26ClFN4O3/c1-14-6-5-7-17(25)20(14)28-12-15-11-26-19(24)10-18(15)29(21(28)30)16-8-9-27(13-16)22(31)32-23(2,3)4/h5-7,10-11,16H,8-9,12-13H2,1-4H3/t16-/m0/s1. The molecule has 170 valence electrons. The van der Waals surface area contributed by atoms with Gasteiger partial charge in [0.15, 0.2) is 0 Å². The van der Waals surface area contributed by atoms with Gasteiger partial charge >= 0.3 is 12.1 Å². The first-order valence-electron chi connectivity index (χ1n) is 10.5. The number of nitrogens with zero attached hydrogens (tertiary/aromatic N) is 4. The number of hydrogen-bond acceptors (Lipinski definition) is 4. The minimum atomic E-state index is -0.610. The van der Waals surface area contributed by atoms with E-state index in [0.717, 1.165) is 5.56 Å². The van der Waals surface area contributed by atoms with Crippen LogP contribution in [0.3, 0.4) is 0 Å². The highest BCUT2D eigenvalue weighted by atomic mass is 35.5. The summed E-state index contributed by atoms with van der Waals surface area (Å²) in [6.45, 7) is 8.15. The van der Waals surface area contributed by atoms with E-state index in [0.29, 0.717) is 30.8 Å². The summed E-state index contributed by atoms with van der Waals surface area (Å²) in [6, 6.07) is 5.72. The molecule has 0 unspecified atom stereocenters. The van der Waals surface area contributed by atoms with E-state index in [1.165, 1.54) is 11.0 Å². The van der Waals surface area contributed by atoms with Crippen LogP contribution in [-0.2, 0) is 11.3 Å². The SMILES string of the molecule is Cc1cccc(F)c1N1Cc2cnc(Cl)cc2N([C@H]2CCN(C(=O)OC(C)(C)C)C2)C1=O. The number of para-hydroxylation sites is 1. The molecule has 2 aliphatic rings. The smallest absolute Gasteiger partial charge is 0.410 e. The Morgan fingerprint density at radius 2 is 2.06 bits per heavy atom. The summed E-state index contributed by atoms with van der Waals surface area (Å²) >= 11 is 6.14. The third-order valence-electron chi connectivity index (χ3n) is 5.59. The molecule has 1 aromatic carbocycles. The molecule has 0 radical (unpaired) electrons. The predicted octanol–water partition coefficient (Wildman–Crippen LogP) is 5.14. The number of likely N-dealkylation sites (tertiary alicyclic amines) is 1. The summed E-state index contributed by atoms with van der Waals surface area (Å²) in [5, 5.41) is 0.263. The third kappa shape index (κ3) is 4.24. The molecule has 32 heavy (non-hydrogen) atoms. The molecule has 0 bridgehead atoms. The zero-order valence-electron chi connectivity index (χ0n) is 18.6. The van der Waals surface area contributed by atoms with Crippen molar-refractivity contribution in [2.75, 3.05) is 22.9 Å². The van der Waals surface area contributed by atoms with Gasteiger partial charge in [-0.1, -0.05) is 23.7 Å². The summed E-state index contributed by atoms with van der Waals surface area (Å²) in [6.07, 6.45) is 1.76. The highest BCUT2D eigenvalue weighted by Crippen LogP contribution is 2.38. The zero-order chi connectivity index (χ0) is 23.2. The summed E-state index contributed by atoms with van der Waals surface area (Å²) in [5.41, 5.74) is 1.68. The van der Waals surface area contributed by atoms with Crippen LogP contribution in [0.5, 0.6) is 0 Å². The highest BCUT2D eigenvalue weighted by molar-refractivity contribution is 6.29. The van der Waals surface area contributed by atoms with Crippen LogP contribution in [0, 0.1) is 12.7 Å². The number of carbonyl (C=O) groups is 2. The van der Waals surface area contributed by atoms with E-state index in [1.807, 2.05) is 20.8 Å². The fourth-order valence-corrected chi connectivity index (χ4v) is 4.36. The summed E-state index contributed by atoms with van der Waals surface area (Å²) in [4.78, 5) is 35.0. The van der Waals surface area contributed by atoms with Gasteiger partial charge in [0, 0.05) is 24.8 Å². The number of aromatic nitrogens is 1. The third-order valence-corrected chi connectivity index (χ3v) is 5.80. The van der Waals surface area contributed by atoms with E-state index < -0.39 is 17.5 Å². The van der Waals surface area contributed by atoms with Gasteiger partial charge in [-0.2, -0.15) is 0 Å². The van der Waals surface area contributed by atoms with Crippen LogP contribution < -0.4 is 9.80 Å². The Bertz CT molecular complexity index is 1050. The molecule has 0 N–H and O–H groups in total. The van der Waals surface area contributed by atoms with E-state index in [1.54, 1.807) is 41.1 Å². The Morgan fingerprint density at radius 3 is 2.75 bits per heavy atom. The second-order valence-corrected chi connectivity index (χ2v) is 9.54. The summed E-state index contributed by atoms with van der Waals surface area (Å²) in [7, 11) is 0. The van der Waals surface area contributed by atoms with Gasteiger partial charge in [0.1, 0.15) is 16.6 Å². The van der Waals surface area contributed by atoms with Gasteiger partial charge in [0.05, 0.1) is 24.0 Å². The lowest BCUT2D eigenvalue weighted by Gasteiger charge is -2.40. The van der Waals surface area contributed by atoms with Crippen LogP contribution in [0.15, 0.2) is 30.5 Å². The molecule has 1 aromatic heterocycles. The van der Waals surface area contributed by atoms with E-state index in [2.05, 4.69) is 4.98 Å². The van der Waals surface area contributed by atoms with Crippen molar-refractivity contribution in [3.63, 3.8) is 0 Å². The maximum absolute atomic E-state index is 14.8. The fraction of sp³-hybridized carbons (Fsp3) is 0.435. The molecule has 0 spiro atoms. The lowest BCUT2D eigenvalue weighted by molar-refractivity contribution is 0.0292. The molecule has 0 aliphatic carbocycles. The van der Waals surface area contributed by atoms with E-state index in [4.69, 9.17) is 16.3 Å². The number of halogens is 2. The van der Waals surface area contributed by atoms with Gasteiger partial charge in [-0.3, -0.25) is 9.80 Å². The first-order valence-corrected chi connectivity index (χ1v) is 10.9. The van der Waals surface area contributed by atoms with Crippen molar-refractivity contribution in [1.82, 2.24) is 9.88 Å². The number of hydrogen-bond donors (Lipinski definition) is 0. The zero-order valence-corrected chi connectivity index (χ0v) is 19.3. The van der Waals surface area contributed by atoms with Crippen molar-refractivity contribution in [3.05, 3.63) is 52.6 Å². The van der Waals surface area contributed by atoms with Gasteiger partial charge in [-0.25, -0.2) is 19.0 Å². The molecular weight excluding hydrogens is 435 g/mol. The number of urea groups is 1. The Kier molecular flexibility index (Phi) is 5.75.